The molecule has 1 heterocycles. The van der Waals surface area contributed by atoms with Gasteiger partial charge in [-0.15, -0.1) is 0 Å². The van der Waals surface area contributed by atoms with Gasteiger partial charge in [0.25, 0.3) is 5.56 Å². The SMILES string of the molecule is CC(=S)OCC(=O)C(C#N)c1nc2ccccc2c(=O)[nH]1. The van der Waals surface area contributed by atoms with Crippen LogP contribution < -0.4 is 5.56 Å². The number of ether oxygens (including phenoxy) is 1. The van der Waals surface area contributed by atoms with Gasteiger partial charge in [0.2, 0.25) is 0 Å². The number of carbonyl (C=O) groups is 1. The maximum atomic E-state index is 12.0. The molecule has 106 valence electrons. The summed E-state index contributed by atoms with van der Waals surface area (Å²) in [5.41, 5.74) is 0.0341. The van der Waals surface area contributed by atoms with Crippen LogP contribution in [-0.2, 0) is 9.53 Å². The van der Waals surface area contributed by atoms with Crippen LogP contribution in [0.5, 0.6) is 0 Å². The zero-order valence-corrected chi connectivity index (χ0v) is 11.9. The van der Waals surface area contributed by atoms with E-state index in [0.29, 0.717) is 10.9 Å². The topological polar surface area (TPSA) is 95.8 Å². The number of thiocarbonyl (C=S) groups is 1. The van der Waals surface area contributed by atoms with Gasteiger partial charge in [-0.25, -0.2) is 4.98 Å². The molecule has 2 aromatic rings. The molecule has 0 amide bonds. The first-order valence-corrected chi connectivity index (χ1v) is 6.48. The second-order valence-corrected chi connectivity index (χ2v) is 4.85. The number of benzene rings is 1. The fraction of sp³-hybridized carbons (Fsp3) is 0.214. The van der Waals surface area contributed by atoms with Gasteiger partial charge in [-0.1, -0.05) is 12.1 Å². The summed E-state index contributed by atoms with van der Waals surface area (Å²) < 4.78 is 4.94. The maximum Gasteiger partial charge on any atom is 0.258 e. The van der Waals surface area contributed by atoms with E-state index in [1.165, 1.54) is 6.92 Å². The Morgan fingerprint density at radius 1 is 1.52 bits per heavy atom. The summed E-state index contributed by atoms with van der Waals surface area (Å²) in [5.74, 6) is -1.70. The van der Waals surface area contributed by atoms with Crippen molar-refractivity contribution in [1.29, 1.82) is 5.26 Å². The van der Waals surface area contributed by atoms with Crippen molar-refractivity contribution >= 4 is 34.0 Å². The van der Waals surface area contributed by atoms with E-state index >= 15 is 0 Å². The molecule has 1 N–H and O–H groups in total. The molecule has 0 radical (unpaired) electrons. The van der Waals surface area contributed by atoms with Gasteiger partial charge in [-0.3, -0.25) is 9.59 Å². The maximum absolute atomic E-state index is 12.0. The average molecular weight is 301 g/mol. The van der Waals surface area contributed by atoms with Crippen LogP contribution in [0.15, 0.2) is 29.1 Å². The number of aromatic nitrogens is 2. The zero-order valence-electron chi connectivity index (χ0n) is 11.1. The summed E-state index contributed by atoms with van der Waals surface area (Å²) in [4.78, 5) is 30.5. The molecule has 21 heavy (non-hydrogen) atoms. The van der Waals surface area contributed by atoms with Crippen LogP contribution in [0.2, 0.25) is 0 Å². The Bertz CT molecular complexity index is 807. The van der Waals surface area contributed by atoms with E-state index in [1.807, 2.05) is 6.07 Å². The monoisotopic (exact) mass is 301 g/mol. The molecule has 0 aliphatic heterocycles. The number of ketones is 1. The standard InChI is InChI=1S/C14H11N3O3S/c1-8(21)20-7-12(18)10(6-15)13-16-11-5-3-2-4-9(11)14(19)17-13/h2-5,10H,7H2,1H3,(H,16,17,19). The van der Waals surface area contributed by atoms with Crippen molar-refractivity contribution in [1.82, 2.24) is 9.97 Å². The number of fused-ring (bicyclic) bond motifs is 1. The molecule has 1 atom stereocenters. The molecule has 0 spiro atoms. The van der Waals surface area contributed by atoms with Gasteiger partial charge in [-0.05, 0) is 24.4 Å². The third-order valence-electron chi connectivity index (χ3n) is 2.77. The largest absolute Gasteiger partial charge is 0.480 e. The van der Waals surface area contributed by atoms with Crippen molar-refractivity contribution in [3.8, 4) is 6.07 Å². The lowest BCUT2D eigenvalue weighted by atomic mass is 10.1. The molecule has 0 saturated heterocycles. The fourth-order valence-electron chi connectivity index (χ4n) is 1.78. The van der Waals surface area contributed by atoms with Gasteiger partial charge in [0.15, 0.2) is 16.8 Å². The molecule has 0 saturated carbocycles. The summed E-state index contributed by atoms with van der Waals surface area (Å²) in [6.07, 6.45) is 0. The van der Waals surface area contributed by atoms with Crippen molar-refractivity contribution in [3.05, 3.63) is 40.4 Å². The van der Waals surface area contributed by atoms with Crippen LogP contribution in [0.25, 0.3) is 10.9 Å². The quantitative estimate of drug-likeness (QED) is 0.859. The van der Waals surface area contributed by atoms with E-state index in [9.17, 15) is 9.59 Å². The number of Topliss-reactive ketones (excluding diaryl/α,β-unsaturated/α-hetero) is 1. The van der Waals surface area contributed by atoms with Gasteiger partial charge in [-0.2, -0.15) is 5.26 Å². The lowest BCUT2D eigenvalue weighted by molar-refractivity contribution is -0.121. The Labute approximate surface area is 125 Å². The predicted octanol–water partition coefficient (Wildman–Crippen LogP) is 1.46. The molecular weight excluding hydrogens is 290 g/mol. The number of hydrogen-bond donors (Lipinski definition) is 1. The van der Waals surface area contributed by atoms with E-state index in [-0.39, 0.29) is 17.5 Å². The van der Waals surface area contributed by atoms with Crippen molar-refractivity contribution in [3.63, 3.8) is 0 Å². The lowest BCUT2D eigenvalue weighted by Gasteiger charge is -2.09. The summed E-state index contributed by atoms with van der Waals surface area (Å²) in [7, 11) is 0. The molecule has 0 aliphatic rings. The number of para-hydroxylation sites is 1. The zero-order chi connectivity index (χ0) is 15.4. The number of rotatable bonds is 4. The molecule has 1 aromatic heterocycles. The summed E-state index contributed by atoms with van der Waals surface area (Å²) in [5, 5.41) is 9.76. The number of aromatic amines is 1. The van der Waals surface area contributed by atoms with Gasteiger partial charge in [0.1, 0.15) is 12.4 Å². The lowest BCUT2D eigenvalue weighted by Crippen LogP contribution is -2.23. The Balaban J connectivity index is 2.39. The van der Waals surface area contributed by atoms with Crippen molar-refractivity contribution in [2.75, 3.05) is 6.61 Å². The highest BCUT2D eigenvalue weighted by Gasteiger charge is 2.24. The molecule has 0 aliphatic carbocycles. The van der Waals surface area contributed by atoms with Crippen molar-refractivity contribution < 1.29 is 9.53 Å². The molecular formula is C14H11N3O3S. The highest BCUT2D eigenvalue weighted by Crippen LogP contribution is 2.14. The number of H-pyrrole nitrogens is 1. The van der Waals surface area contributed by atoms with Gasteiger partial charge in [0.05, 0.1) is 17.0 Å². The molecule has 7 heteroatoms. The molecule has 1 unspecified atom stereocenters. The fourth-order valence-corrected chi connectivity index (χ4v) is 1.84. The summed E-state index contributed by atoms with van der Waals surface area (Å²) >= 11 is 4.71. The second kappa shape index (κ2) is 6.24. The highest BCUT2D eigenvalue weighted by atomic mass is 32.1. The minimum Gasteiger partial charge on any atom is -0.480 e. The molecule has 6 nitrogen and oxygen atoms in total. The van der Waals surface area contributed by atoms with Crippen LogP contribution in [0.3, 0.4) is 0 Å². The van der Waals surface area contributed by atoms with Gasteiger partial charge in [0, 0.05) is 6.92 Å². The first-order chi connectivity index (χ1) is 10.0. The summed E-state index contributed by atoms with van der Waals surface area (Å²) in [6, 6.07) is 8.52. The average Bonchev–Trinajstić information content (AvgIpc) is 2.46. The number of carbonyl (C=O) groups excluding carboxylic acids is 1. The van der Waals surface area contributed by atoms with Crippen LogP contribution >= 0.6 is 12.2 Å². The predicted molar refractivity (Wildman–Crippen MR) is 79.9 cm³/mol. The van der Waals surface area contributed by atoms with E-state index in [2.05, 4.69) is 9.97 Å². The first kappa shape index (κ1) is 14.8. The normalized spacial score (nSPS) is 11.6. The van der Waals surface area contributed by atoms with E-state index in [0.717, 1.165) is 0 Å². The molecule has 0 fully saturated rings. The third-order valence-corrected chi connectivity index (χ3v) is 2.89. The number of nitriles is 1. The number of nitrogens with zero attached hydrogens (tertiary/aromatic N) is 2. The number of hydrogen-bond acceptors (Lipinski definition) is 6. The molecule has 2 rings (SSSR count). The van der Waals surface area contributed by atoms with Crippen LogP contribution in [0.4, 0.5) is 0 Å². The van der Waals surface area contributed by atoms with Crippen molar-refractivity contribution in [2.45, 2.75) is 12.8 Å². The van der Waals surface area contributed by atoms with Crippen LogP contribution in [-0.4, -0.2) is 27.4 Å². The molecule has 0 bridgehead atoms. The Kier molecular flexibility index (Phi) is 4.40. The van der Waals surface area contributed by atoms with E-state index in [1.54, 1.807) is 24.3 Å². The van der Waals surface area contributed by atoms with Crippen LogP contribution in [0, 0.1) is 11.3 Å². The third kappa shape index (κ3) is 3.30. The minimum absolute atomic E-state index is 0.0109. The van der Waals surface area contributed by atoms with Crippen molar-refractivity contribution in [2.24, 2.45) is 0 Å². The highest BCUT2D eigenvalue weighted by molar-refractivity contribution is 7.80. The smallest absolute Gasteiger partial charge is 0.258 e. The van der Waals surface area contributed by atoms with E-state index < -0.39 is 17.3 Å². The Morgan fingerprint density at radius 3 is 2.90 bits per heavy atom. The summed E-state index contributed by atoms with van der Waals surface area (Å²) in [6.45, 7) is 1.20. The minimum atomic E-state index is -1.20. The Morgan fingerprint density at radius 2 is 2.24 bits per heavy atom. The van der Waals surface area contributed by atoms with Crippen LogP contribution in [0.1, 0.15) is 18.7 Å². The second-order valence-electron chi connectivity index (χ2n) is 4.28. The number of nitrogens with one attached hydrogen (secondary N) is 1. The Hall–Kier alpha value is -2.59. The molecule has 1 aromatic carbocycles. The first-order valence-electron chi connectivity index (χ1n) is 6.07. The van der Waals surface area contributed by atoms with Gasteiger partial charge < -0.3 is 9.72 Å². The van der Waals surface area contributed by atoms with Gasteiger partial charge >= 0.3 is 0 Å². The van der Waals surface area contributed by atoms with E-state index in [4.69, 9.17) is 22.2 Å².